The van der Waals surface area contributed by atoms with E-state index in [4.69, 9.17) is 0 Å². The van der Waals surface area contributed by atoms with Gasteiger partial charge in [0, 0.05) is 18.7 Å². The molecule has 1 aliphatic rings. The molecule has 180 valence electrons. The maximum atomic E-state index is 10.2. The Morgan fingerprint density at radius 2 is 1.59 bits per heavy atom. The van der Waals surface area contributed by atoms with Crippen molar-refractivity contribution >= 4 is 5.70 Å². The number of likely N-dealkylation sites (N-methyl/N-ethyl adjacent to an activating group) is 1. The molecule has 0 bridgehead atoms. The number of allylic oxidation sites excluding steroid dienone is 2. The zero-order valence-corrected chi connectivity index (χ0v) is 20.8. The van der Waals surface area contributed by atoms with Crippen LogP contribution in [0.4, 0.5) is 0 Å². The molecule has 1 aromatic carbocycles. The van der Waals surface area contributed by atoms with Gasteiger partial charge in [-0.15, -0.1) is 0 Å². The minimum atomic E-state index is 0.140. The van der Waals surface area contributed by atoms with Crippen LogP contribution < -0.4 is 0 Å². The lowest BCUT2D eigenvalue weighted by molar-refractivity contribution is 0.0311. The van der Waals surface area contributed by atoms with E-state index < -0.39 is 0 Å². The summed E-state index contributed by atoms with van der Waals surface area (Å²) in [6.07, 6.45) is 18.6. The lowest BCUT2D eigenvalue weighted by Gasteiger charge is -2.39. The predicted molar refractivity (Wildman–Crippen MR) is 136 cm³/mol. The molecule has 1 aliphatic heterocycles. The summed E-state index contributed by atoms with van der Waals surface area (Å²) in [6, 6.07) is 5.82. The molecule has 0 atom stereocenters. The second-order valence-corrected chi connectivity index (χ2v) is 9.06. The van der Waals surface area contributed by atoms with Crippen molar-refractivity contribution in [1.82, 2.24) is 10.0 Å². The van der Waals surface area contributed by atoms with Crippen molar-refractivity contribution in [3.8, 4) is 5.75 Å². The molecule has 4 heteroatoms. The number of benzene rings is 1. The third-order valence-electron chi connectivity index (χ3n) is 6.49. The van der Waals surface area contributed by atoms with Gasteiger partial charge in [-0.3, -0.25) is 0 Å². The first-order valence-corrected chi connectivity index (χ1v) is 12.9. The Morgan fingerprint density at radius 3 is 2.22 bits per heavy atom. The predicted octanol–water partition coefficient (Wildman–Crippen LogP) is 6.69. The molecule has 0 saturated heterocycles. The molecule has 0 aromatic heterocycles. The van der Waals surface area contributed by atoms with Gasteiger partial charge >= 0.3 is 0 Å². The van der Waals surface area contributed by atoms with Crippen LogP contribution in [0.25, 0.3) is 5.70 Å². The molecule has 4 nitrogen and oxygen atoms in total. The van der Waals surface area contributed by atoms with Crippen molar-refractivity contribution < 1.29 is 10.2 Å². The maximum absolute atomic E-state index is 10.2. The molecule has 32 heavy (non-hydrogen) atoms. The monoisotopic (exact) mass is 442 g/mol. The highest BCUT2D eigenvalue weighted by atomic mass is 16.3. The number of aliphatic hydroxyl groups is 1. The third-order valence-corrected chi connectivity index (χ3v) is 6.49. The minimum Gasteiger partial charge on any atom is -0.508 e. The number of hydrogen-bond donors (Lipinski definition) is 2. The van der Waals surface area contributed by atoms with Gasteiger partial charge in [-0.1, -0.05) is 83.8 Å². The molecule has 0 unspecified atom stereocenters. The van der Waals surface area contributed by atoms with Crippen LogP contribution in [-0.4, -0.2) is 46.5 Å². The summed E-state index contributed by atoms with van der Waals surface area (Å²) in [4.78, 5) is 0. The molecular formula is C28H46N2O2. The van der Waals surface area contributed by atoms with Gasteiger partial charge in [0.1, 0.15) is 5.75 Å². The maximum Gasteiger partial charge on any atom is 0.115 e. The molecule has 0 spiro atoms. The summed E-state index contributed by atoms with van der Waals surface area (Å²) in [5.41, 5.74) is 4.85. The highest BCUT2D eigenvalue weighted by molar-refractivity contribution is 5.73. The highest BCUT2D eigenvalue weighted by Crippen LogP contribution is 2.33. The Morgan fingerprint density at radius 1 is 0.938 bits per heavy atom. The van der Waals surface area contributed by atoms with Crippen molar-refractivity contribution in [3.63, 3.8) is 0 Å². The van der Waals surface area contributed by atoms with Crippen molar-refractivity contribution in [1.29, 1.82) is 0 Å². The van der Waals surface area contributed by atoms with Crippen LogP contribution in [0.2, 0.25) is 0 Å². The number of aryl methyl sites for hydroxylation is 1. The number of rotatable bonds is 16. The Labute approximate surface area is 196 Å². The van der Waals surface area contributed by atoms with Crippen molar-refractivity contribution in [2.75, 3.05) is 26.2 Å². The zero-order chi connectivity index (χ0) is 23.2. The van der Waals surface area contributed by atoms with Gasteiger partial charge in [-0.25, -0.2) is 5.01 Å². The van der Waals surface area contributed by atoms with Crippen LogP contribution in [0.15, 0.2) is 35.9 Å². The number of hydrazine groups is 1. The first kappa shape index (κ1) is 26.5. The zero-order valence-electron chi connectivity index (χ0n) is 20.8. The topological polar surface area (TPSA) is 46.9 Å². The quantitative estimate of drug-likeness (QED) is 0.280. The molecule has 0 aliphatic carbocycles. The van der Waals surface area contributed by atoms with Crippen LogP contribution in [0.1, 0.15) is 96.1 Å². The van der Waals surface area contributed by atoms with E-state index in [1.54, 1.807) is 6.07 Å². The Bertz CT molecular complexity index is 726. The van der Waals surface area contributed by atoms with Crippen molar-refractivity contribution in [3.05, 3.63) is 47.1 Å². The molecule has 2 N–H and O–H groups in total. The second-order valence-electron chi connectivity index (χ2n) is 9.06. The number of unbranched alkanes of at least 4 members (excludes halogenated alkanes) is 9. The number of aliphatic hydroxyl groups excluding tert-OH is 1. The smallest absolute Gasteiger partial charge is 0.115 e. The van der Waals surface area contributed by atoms with Crippen LogP contribution >= 0.6 is 0 Å². The number of hydrogen-bond acceptors (Lipinski definition) is 4. The van der Waals surface area contributed by atoms with Crippen molar-refractivity contribution in [2.45, 2.75) is 91.4 Å². The summed E-state index contributed by atoms with van der Waals surface area (Å²) in [7, 11) is 0. The average molecular weight is 443 g/mol. The van der Waals surface area contributed by atoms with Gasteiger partial charge in [0.05, 0.1) is 18.8 Å². The fourth-order valence-corrected chi connectivity index (χ4v) is 4.70. The van der Waals surface area contributed by atoms with E-state index in [1.165, 1.54) is 80.2 Å². The van der Waals surface area contributed by atoms with E-state index in [2.05, 4.69) is 49.0 Å². The van der Waals surface area contributed by atoms with Gasteiger partial charge in [0.15, 0.2) is 0 Å². The first-order valence-electron chi connectivity index (χ1n) is 12.9. The summed E-state index contributed by atoms with van der Waals surface area (Å²) in [5, 5.41) is 24.2. The molecule has 2 rings (SSSR count). The SMILES string of the molecule is CCCCCCCCCCCCc1cc(O)ccc1C1=C(C)C=CCN1N(CC)CCO. The largest absolute Gasteiger partial charge is 0.508 e. The van der Waals surface area contributed by atoms with E-state index in [0.717, 1.165) is 25.9 Å². The summed E-state index contributed by atoms with van der Waals surface area (Å²) >= 11 is 0. The first-order chi connectivity index (χ1) is 15.6. The van der Waals surface area contributed by atoms with Gasteiger partial charge in [-0.05, 0) is 49.1 Å². The van der Waals surface area contributed by atoms with E-state index in [0.29, 0.717) is 12.3 Å². The molecule has 0 saturated carbocycles. The summed E-state index contributed by atoms with van der Waals surface area (Å²) < 4.78 is 0. The molecular weight excluding hydrogens is 396 g/mol. The molecule has 0 radical (unpaired) electrons. The Balaban J connectivity index is 1.99. The third kappa shape index (κ3) is 8.29. The fraction of sp³-hybridized carbons (Fsp3) is 0.643. The molecule has 1 aromatic rings. The van der Waals surface area contributed by atoms with E-state index in [9.17, 15) is 10.2 Å². The number of aromatic hydroxyl groups is 1. The summed E-state index contributed by atoms with van der Waals surface area (Å²) in [5.74, 6) is 0.342. The Kier molecular flexibility index (Phi) is 12.5. The van der Waals surface area contributed by atoms with Gasteiger partial charge in [-0.2, -0.15) is 0 Å². The standard InChI is InChI=1S/C28H46N2O2/c1-4-6-7-8-9-10-11-12-13-14-17-25-23-26(32)18-19-27(25)28-24(3)16-15-20-30(28)29(5-2)21-22-31/h15-16,18-19,23,31-32H,4-14,17,20-22H2,1-3H3. The van der Waals surface area contributed by atoms with E-state index in [-0.39, 0.29) is 6.61 Å². The van der Waals surface area contributed by atoms with Gasteiger partial charge in [0.2, 0.25) is 0 Å². The lowest BCUT2D eigenvalue weighted by atomic mass is 9.94. The normalized spacial score (nSPS) is 14.1. The number of nitrogens with zero attached hydrogens (tertiary/aromatic N) is 2. The minimum absolute atomic E-state index is 0.140. The lowest BCUT2D eigenvalue weighted by Crippen LogP contribution is -2.44. The Hall–Kier alpha value is -1.78. The van der Waals surface area contributed by atoms with Gasteiger partial charge in [0.25, 0.3) is 0 Å². The van der Waals surface area contributed by atoms with Crippen LogP contribution in [-0.2, 0) is 6.42 Å². The fourth-order valence-electron chi connectivity index (χ4n) is 4.70. The molecule has 0 fully saturated rings. The molecule has 1 heterocycles. The van der Waals surface area contributed by atoms with Crippen molar-refractivity contribution in [2.24, 2.45) is 0 Å². The average Bonchev–Trinajstić information content (AvgIpc) is 2.79. The van der Waals surface area contributed by atoms with Gasteiger partial charge < -0.3 is 15.2 Å². The van der Waals surface area contributed by atoms with Crippen LogP contribution in [0, 0.1) is 0 Å². The second kappa shape index (κ2) is 15.1. The van der Waals surface area contributed by atoms with E-state index >= 15 is 0 Å². The van der Waals surface area contributed by atoms with Crippen LogP contribution in [0.5, 0.6) is 5.75 Å². The van der Waals surface area contributed by atoms with Crippen LogP contribution in [0.3, 0.4) is 0 Å². The molecule has 0 amide bonds. The van der Waals surface area contributed by atoms with E-state index in [1.807, 2.05) is 6.07 Å². The number of phenolic OH excluding ortho intramolecular Hbond substituents is 1. The summed E-state index contributed by atoms with van der Waals surface area (Å²) in [6.45, 7) is 8.96. The highest BCUT2D eigenvalue weighted by Gasteiger charge is 2.23. The number of phenols is 1.